The molecule has 0 bridgehead atoms. The second-order valence-corrected chi connectivity index (χ2v) is 8.06. The van der Waals surface area contributed by atoms with Crippen LogP contribution in [0.4, 0.5) is 5.69 Å². The van der Waals surface area contributed by atoms with Crippen LogP contribution in [0.3, 0.4) is 0 Å². The molecule has 3 aromatic rings. The molecule has 6 nitrogen and oxygen atoms in total. The Hall–Kier alpha value is -2.64. The first-order valence-electron chi connectivity index (χ1n) is 9.80. The molecule has 1 amide bonds. The number of aryl methyl sites for hydroxylation is 2. The molecule has 4 rings (SSSR count). The number of carbonyl (C=O) groups excluding carboxylic acids is 1. The van der Waals surface area contributed by atoms with Gasteiger partial charge in [0.2, 0.25) is 5.91 Å². The molecule has 1 aliphatic carbocycles. The lowest BCUT2D eigenvalue weighted by molar-refractivity contribution is -0.113. The molecule has 0 fully saturated rings. The number of thioether (sulfide) groups is 1. The zero-order valence-electron chi connectivity index (χ0n) is 16.1. The van der Waals surface area contributed by atoms with E-state index in [1.807, 2.05) is 12.1 Å². The number of aromatic nitrogens is 2. The molecule has 0 saturated carbocycles. The molecular weight excluding hydrogens is 386 g/mol. The van der Waals surface area contributed by atoms with Crippen molar-refractivity contribution in [2.45, 2.75) is 37.4 Å². The number of nitrogens with one attached hydrogen (secondary N) is 1. The van der Waals surface area contributed by atoms with E-state index in [9.17, 15) is 9.59 Å². The predicted octanol–water partition coefficient (Wildman–Crippen LogP) is 3.00. The van der Waals surface area contributed by atoms with Crippen LogP contribution in [0.5, 0.6) is 0 Å². The Labute approximate surface area is 173 Å². The summed E-state index contributed by atoms with van der Waals surface area (Å²) in [4.78, 5) is 29.9. The molecule has 7 heteroatoms. The molecule has 2 aromatic carbocycles. The molecule has 150 valence electrons. The van der Waals surface area contributed by atoms with Gasteiger partial charge in [0.15, 0.2) is 5.16 Å². The number of rotatable bonds is 7. The summed E-state index contributed by atoms with van der Waals surface area (Å²) in [6, 6.07) is 13.3. The molecule has 1 heterocycles. The number of hydrogen-bond acceptors (Lipinski definition) is 5. The highest BCUT2D eigenvalue weighted by Crippen LogP contribution is 2.25. The summed E-state index contributed by atoms with van der Waals surface area (Å²) in [5, 5.41) is 13.1. The summed E-state index contributed by atoms with van der Waals surface area (Å²) in [6.45, 7) is 0.351. The number of anilines is 1. The highest BCUT2D eigenvalue weighted by molar-refractivity contribution is 7.99. The van der Waals surface area contributed by atoms with E-state index in [-0.39, 0.29) is 23.8 Å². The van der Waals surface area contributed by atoms with E-state index < -0.39 is 0 Å². The van der Waals surface area contributed by atoms with Gasteiger partial charge in [-0.1, -0.05) is 30.0 Å². The smallest absolute Gasteiger partial charge is 0.262 e. The lowest BCUT2D eigenvalue weighted by atomic mass is 10.1. The molecular formula is C22H23N3O3S. The number of carbonyl (C=O) groups is 1. The number of para-hydroxylation sites is 1. The third-order valence-corrected chi connectivity index (χ3v) is 6.06. The highest BCUT2D eigenvalue weighted by Gasteiger charge is 2.15. The Bertz CT molecular complexity index is 1110. The fraction of sp³-hybridized carbons (Fsp3) is 0.318. The van der Waals surface area contributed by atoms with Crippen LogP contribution in [0.1, 0.15) is 24.0 Å². The molecule has 2 N–H and O–H groups in total. The van der Waals surface area contributed by atoms with Gasteiger partial charge in [-0.15, -0.1) is 0 Å². The molecule has 0 spiro atoms. The van der Waals surface area contributed by atoms with Crippen molar-refractivity contribution in [2.75, 3.05) is 17.7 Å². The molecule has 0 atom stereocenters. The van der Waals surface area contributed by atoms with E-state index in [4.69, 9.17) is 5.11 Å². The van der Waals surface area contributed by atoms with Crippen LogP contribution in [0.2, 0.25) is 0 Å². The number of aliphatic hydroxyl groups is 1. The SMILES string of the molecule is O=C(CSc1nc2ccccc2c(=O)n1CCCO)Nc1ccc2c(c1)CCC2. The molecule has 1 aromatic heterocycles. The van der Waals surface area contributed by atoms with Gasteiger partial charge in [0.05, 0.1) is 16.7 Å². The van der Waals surface area contributed by atoms with Crippen LogP contribution in [0, 0.1) is 0 Å². The highest BCUT2D eigenvalue weighted by atomic mass is 32.2. The minimum atomic E-state index is -0.148. The molecule has 29 heavy (non-hydrogen) atoms. The van der Waals surface area contributed by atoms with Crippen LogP contribution in [0.25, 0.3) is 10.9 Å². The average molecular weight is 410 g/mol. The summed E-state index contributed by atoms with van der Waals surface area (Å²) < 4.78 is 1.55. The molecule has 0 radical (unpaired) electrons. The summed E-state index contributed by atoms with van der Waals surface area (Å²) in [7, 11) is 0. The summed E-state index contributed by atoms with van der Waals surface area (Å²) in [5.74, 6) is 0.0186. The Balaban J connectivity index is 1.50. The third kappa shape index (κ3) is 4.36. The fourth-order valence-electron chi connectivity index (χ4n) is 3.66. The Morgan fingerprint density at radius 2 is 2.00 bits per heavy atom. The van der Waals surface area contributed by atoms with Gasteiger partial charge in [-0.05, 0) is 61.1 Å². The number of amides is 1. The van der Waals surface area contributed by atoms with Gasteiger partial charge < -0.3 is 10.4 Å². The maximum absolute atomic E-state index is 12.8. The van der Waals surface area contributed by atoms with E-state index >= 15 is 0 Å². The van der Waals surface area contributed by atoms with Crippen molar-refractivity contribution in [1.82, 2.24) is 9.55 Å². The van der Waals surface area contributed by atoms with Gasteiger partial charge in [0.25, 0.3) is 5.56 Å². The number of aliphatic hydroxyl groups excluding tert-OH is 1. The van der Waals surface area contributed by atoms with Crippen molar-refractivity contribution < 1.29 is 9.90 Å². The van der Waals surface area contributed by atoms with Crippen molar-refractivity contribution in [1.29, 1.82) is 0 Å². The summed E-state index contributed by atoms with van der Waals surface area (Å²) >= 11 is 1.24. The topological polar surface area (TPSA) is 84.2 Å². The largest absolute Gasteiger partial charge is 0.396 e. The minimum absolute atomic E-state index is 0.0117. The van der Waals surface area contributed by atoms with Crippen molar-refractivity contribution in [3.8, 4) is 0 Å². The van der Waals surface area contributed by atoms with Crippen LogP contribution in [-0.4, -0.2) is 32.9 Å². The van der Waals surface area contributed by atoms with Gasteiger partial charge in [-0.2, -0.15) is 0 Å². The fourth-order valence-corrected chi connectivity index (χ4v) is 4.49. The van der Waals surface area contributed by atoms with Crippen LogP contribution < -0.4 is 10.9 Å². The van der Waals surface area contributed by atoms with Gasteiger partial charge in [0.1, 0.15) is 0 Å². The lowest BCUT2D eigenvalue weighted by Gasteiger charge is -2.13. The van der Waals surface area contributed by atoms with Gasteiger partial charge in [-0.3, -0.25) is 14.2 Å². The second-order valence-electron chi connectivity index (χ2n) is 7.12. The van der Waals surface area contributed by atoms with E-state index in [1.54, 1.807) is 22.8 Å². The van der Waals surface area contributed by atoms with E-state index in [2.05, 4.69) is 22.4 Å². The number of fused-ring (bicyclic) bond motifs is 2. The molecule has 0 saturated heterocycles. The normalized spacial score (nSPS) is 12.9. The quantitative estimate of drug-likeness (QED) is 0.463. The minimum Gasteiger partial charge on any atom is -0.396 e. The van der Waals surface area contributed by atoms with E-state index in [0.29, 0.717) is 29.0 Å². The van der Waals surface area contributed by atoms with Crippen molar-refractivity contribution in [3.63, 3.8) is 0 Å². The maximum atomic E-state index is 12.8. The van der Waals surface area contributed by atoms with Crippen molar-refractivity contribution >= 4 is 34.3 Å². The molecule has 0 aliphatic heterocycles. The summed E-state index contributed by atoms with van der Waals surface area (Å²) in [6.07, 6.45) is 3.79. The van der Waals surface area contributed by atoms with Crippen molar-refractivity contribution in [3.05, 3.63) is 63.9 Å². The van der Waals surface area contributed by atoms with Gasteiger partial charge in [0, 0.05) is 18.8 Å². The predicted molar refractivity (Wildman–Crippen MR) is 116 cm³/mol. The van der Waals surface area contributed by atoms with Gasteiger partial charge >= 0.3 is 0 Å². The standard InChI is InChI=1S/C22H23N3O3S/c26-12-4-11-25-21(28)18-7-1-2-8-19(18)24-22(25)29-14-20(27)23-17-10-9-15-5-3-6-16(15)13-17/h1-2,7-10,13,26H,3-6,11-12,14H2,(H,23,27). The summed E-state index contributed by atoms with van der Waals surface area (Å²) in [5.41, 5.74) is 3.94. The first kappa shape index (κ1) is 19.7. The van der Waals surface area contributed by atoms with Gasteiger partial charge in [-0.25, -0.2) is 4.98 Å². The number of benzene rings is 2. The first-order chi connectivity index (χ1) is 14.2. The zero-order valence-corrected chi connectivity index (χ0v) is 16.9. The number of hydrogen-bond donors (Lipinski definition) is 2. The average Bonchev–Trinajstić information content (AvgIpc) is 3.20. The van der Waals surface area contributed by atoms with E-state index in [0.717, 1.165) is 18.5 Å². The monoisotopic (exact) mass is 409 g/mol. The van der Waals surface area contributed by atoms with Crippen molar-refractivity contribution in [2.24, 2.45) is 0 Å². The number of nitrogens with zero attached hydrogens (tertiary/aromatic N) is 2. The molecule has 1 aliphatic rings. The Morgan fingerprint density at radius 1 is 1.17 bits per heavy atom. The van der Waals surface area contributed by atoms with E-state index in [1.165, 1.54) is 29.3 Å². The lowest BCUT2D eigenvalue weighted by Crippen LogP contribution is -2.24. The van der Waals surface area contributed by atoms with Crippen LogP contribution in [0.15, 0.2) is 52.4 Å². The maximum Gasteiger partial charge on any atom is 0.262 e. The van der Waals surface area contributed by atoms with Crippen LogP contribution >= 0.6 is 11.8 Å². The Morgan fingerprint density at radius 3 is 2.86 bits per heavy atom. The second kappa shape index (κ2) is 8.80. The zero-order chi connectivity index (χ0) is 20.2. The molecule has 0 unspecified atom stereocenters. The Kier molecular flexibility index (Phi) is 5.97. The first-order valence-corrected chi connectivity index (χ1v) is 10.8. The third-order valence-electron chi connectivity index (χ3n) is 5.08. The van der Waals surface area contributed by atoms with Crippen LogP contribution in [-0.2, 0) is 24.2 Å².